The van der Waals surface area contributed by atoms with Gasteiger partial charge in [0.05, 0.1) is 12.8 Å². The van der Waals surface area contributed by atoms with Gasteiger partial charge in [-0.2, -0.15) is 5.10 Å². The van der Waals surface area contributed by atoms with Gasteiger partial charge in [-0.25, -0.2) is 14.2 Å². The smallest absolute Gasteiger partial charge is 0.328 e. The number of carbonyl (C=O) groups is 2. The number of nitrogens with zero attached hydrogens (tertiary/aromatic N) is 4. The standard InChI is InChI=1S/C18H25N5O4/c1-11(2)8-14(18(26)27-5)19-16(24)10-22-17(25)7-6-15(21-22)23-13(4)9-12(3)20-23/h6-7,9,11,14H,8,10H2,1-5H3,(H,19,24)/t14-/m1/s1. The molecule has 1 N–H and O–H groups in total. The third-order valence-electron chi connectivity index (χ3n) is 3.90. The van der Waals surface area contributed by atoms with Gasteiger partial charge in [-0.15, -0.1) is 5.10 Å². The van der Waals surface area contributed by atoms with Gasteiger partial charge >= 0.3 is 5.97 Å². The zero-order valence-corrected chi connectivity index (χ0v) is 16.2. The van der Waals surface area contributed by atoms with E-state index in [4.69, 9.17) is 4.74 Å². The van der Waals surface area contributed by atoms with Crippen LogP contribution in [0.3, 0.4) is 0 Å². The Labute approximate surface area is 157 Å². The third kappa shape index (κ3) is 5.25. The van der Waals surface area contributed by atoms with Gasteiger partial charge in [0.15, 0.2) is 5.82 Å². The number of hydrogen-bond donors (Lipinski definition) is 1. The highest BCUT2D eigenvalue weighted by Crippen LogP contribution is 2.08. The van der Waals surface area contributed by atoms with E-state index >= 15 is 0 Å². The van der Waals surface area contributed by atoms with Crippen LogP contribution in [-0.2, 0) is 20.9 Å². The molecule has 2 rings (SSSR count). The minimum Gasteiger partial charge on any atom is -0.467 e. The monoisotopic (exact) mass is 375 g/mol. The number of aromatic nitrogens is 4. The molecular formula is C18H25N5O4. The van der Waals surface area contributed by atoms with E-state index in [1.165, 1.54) is 13.2 Å². The number of nitrogens with one attached hydrogen (secondary N) is 1. The molecule has 0 fully saturated rings. The van der Waals surface area contributed by atoms with E-state index in [0.717, 1.165) is 16.1 Å². The molecule has 1 amide bonds. The zero-order valence-electron chi connectivity index (χ0n) is 16.2. The maximum atomic E-state index is 12.4. The molecular weight excluding hydrogens is 350 g/mol. The van der Waals surface area contributed by atoms with Crippen LogP contribution in [0, 0.1) is 19.8 Å². The van der Waals surface area contributed by atoms with Crippen LogP contribution >= 0.6 is 0 Å². The molecule has 27 heavy (non-hydrogen) atoms. The van der Waals surface area contributed by atoms with Gasteiger partial charge in [0.2, 0.25) is 5.91 Å². The van der Waals surface area contributed by atoms with Crippen molar-refractivity contribution < 1.29 is 14.3 Å². The molecule has 0 unspecified atom stereocenters. The van der Waals surface area contributed by atoms with Crippen LogP contribution in [0.1, 0.15) is 31.7 Å². The van der Waals surface area contributed by atoms with Gasteiger partial charge in [0.1, 0.15) is 12.6 Å². The van der Waals surface area contributed by atoms with Crippen molar-refractivity contribution in [2.45, 2.75) is 46.7 Å². The quantitative estimate of drug-likeness (QED) is 0.716. The fourth-order valence-corrected chi connectivity index (χ4v) is 2.73. The summed E-state index contributed by atoms with van der Waals surface area (Å²) >= 11 is 0. The maximum absolute atomic E-state index is 12.4. The normalized spacial score (nSPS) is 12.1. The fraction of sp³-hybridized carbons (Fsp3) is 0.500. The molecule has 0 aliphatic carbocycles. The van der Waals surface area contributed by atoms with E-state index in [9.17, 15) is 14.4 Å². The van der Waals surface area contributed by atoms with Crippen LogP contribution in [0.25, 0.3) is 5.82 Å². The Morgan fingerprint density at radius 1 is 1.22 bits per heavy atom. The van der Waals surface area contributed by atoms with Crippen LogP contribution in [-0.4, -0.2) is 44.6 Å². The minimum atomic E-state index is -0.766. The summed E-state index contributed by atoms with van der Waals surface area (Å²) in [4.78, 5) is 36.3. The first-order valence-corrected chi connectivity index (χ1v) is 8.70. The molecule has 0 aliphatic rings. The topological polar surface area (TPSA) is 108 Å². The molecule has 0 saturated heterocycles. The summed E-state index contributed by atoms with van der Waals surface area (Å²) in [6.45, 7) is 7.29. The first kappa shape index (κ1) is 20.3. The molecule has 146 valence electrons. The SMILES string of the molecule is COC(=O)[C@@H](CC(C)C)NC(=O)Cn1nc(-n2nc(C)cc2C)ccc1=O. The molecule has 0 radical (unpaired) electrons. The van der Waals surface area contributed by atoms with E-state index < -0.39 is 23.5 Å². The lowest BCUT2D eigenvalue weighted by molar-refractivity contribution is -0.145. The van der Waals surface area contributed by atoms with E-state index in [1.807, 2.05) is 33.8 Å². The Bertz CT molecular complexity index is 884. The van der Waals surface area contributed by atoms with Gasteiger partial charge in [0, 0.05) is 11.8 Å². The van der Waals surface area contributed by atoms with Crippen molar-refractivity contribution in [3.63, 3.8) is 0 Å². The van der Waals surface area contributed by atoms with E-state index in [-0.39, 0.29) is 12.5 Å². The van der Waals surface area contributed by atoms with Gasteiger partial charge in [-0.3, -0.25) is 9.59 Å². The molecule has 9 heteroatoms. The van der Waals surface area contributed by atoms with E-state index in [0.29, 0.717) is 12.2 Å². The molecule has 0 aromatic carbocycles. The average Bonchev–Trinajstić information content (AvgIpc) is 2.93. The number of hydrogen-bond acceptors (Lipinski definition) is 6. The molecule has 1 atom stereocenters. The molecule has 9 nitrogen and oxygen atoms in total. The second kappa shape index (κ2) is 8.61. The summed E-state index contributed by atoms with van der Waals surface area (Å²) in [6, 6.07) is 4.00. The summed E-state index contributed by atoms with van der Waals surface area (Å²) in [5, 5.41) is 11.2. The van der Waals surface area contributed by atoms with Gasteiger partial charge in [-0.05, 0) is 38.3 Å². The number of rotatable bonds is 7. The van der Waals surface area contributed by atoms with Crippen molar-refractivity contribution in [3.05, 3.63) is 39.9 Å². The maximum Gasteiger partial charge on any atom is 0.328 e. The van der Waals surface area contributed by atoms with E-state index in [2.05, 4.69) is 15.5 Å². The highest BCUT2D eigenvalue weighted by Gasteiger charge is 2.23. The van der Waals surface area contributed by atoms with Crippen LogP contribution < -0.4 is 10.9 Å². The molecule has 0 saturated carbocycles. The van der Waals surface area contributed by atoms with Crippen molar-refractivity contribution in [1.82, 2.24) is 24.9 Å². The first-order valence-electron chi connectivity index (χ1n) is 8.70. The summed E-state index contributed by atoms with van der Waals surface area (Å²) in [5.41, 5.74) is 1.26. The first-order chi connectivity index (χ1) is 12.7. The fourth-order valence-electron chi connectivity index (χ4n) is 2.73. The van der Waals surface area contributed by atoms with Gasteiger partial charge in [0.25, 0.3) is 5.56 Å². The Morgan fingerprint density at radius 2 is 1.93 bits per heavy atom. The number of amides is 1. The Balaban J connectivity index is 2.19. The van der Waals surface area contributed by atoms with Crippen molar-refractivity contribution in [2.24, 2.45) is 5.92 Å². The predicted molar refractivity (Wildman–Crippen MR) is 98.5 cm³/mol. The highest BCUT2D eigenvalue weighted by molar-refractivity contribution is 5.84. The number of carbonyl (C=O) groups excluding carboxylic acids is 2. The second-order valence-corrected chi connectivity index (χ2v) is 6.80. The lowest BCUT2D eigenvalue weighted by atomic mass is 10.0. The number of methoxy groups -OCH3 is 1. The third-order valence-corrected chi connectivity index (χ3v) is 3.90. The summed E-state index contributed by atoms with van der Waals surface area (Å²) in [6.07, 6.45) is 0.437. The molecule has 0 spiro atoms. The van der Waals surface area contributed by atoms with Crippen molar-refractivity contribution in [3.8, 4) is 5.82 Å². The minimum absolute atomic E-state index is 0.185. The predicted octanol–water partition coefficient (Wildman–Crippen LogP) is 0.750. The largest absolute Gasteiger partial charge is 0.467 e. The summed E-state index contributed by atoms with van der Waals surface area (Å²) in [5.74, 6) is -0.399. The number of aryl methyl sites for hydroxylation is 2. The van der Waals surface area contributed by atoms with E-state index in [1.54, 1.807) is 10.7 Å². The van der Waals surface area contributed by atoms with Crippen LogP contribution in [0.15, 0.2) is 23.0 Å². The lowest BCUT2D eigenvalue weighted by Gasteiger charge is -2.18. The Morgan fingerprint density at radius 3 is 2.48 bits per heavy atom. The molecule has 2 aromatic heterocycles. The Hall–Kier alpha value is -2.97. The molecule has 2 aromatic rings. The molecule has 0 bridgehead atoms. The molecule has 2 heterocycles. The number of ether oxygens (including phenoxy) is 1. The van der Waals surface area contributed by atoms with Gasteiger partial charge < -0.3 is 10.1 Å². The van der Waals surface area contributed by atoms with Crippen LogP contribution in [0.5, 0.6) is 0 Å². The summed E-state index contributed by atoms with van der Waals surface area (Å²) in [7, 11) is 1.27. The number of esters is 1. The van der Waals surface area contributed by atoms with Crippen LogP contribution in [0.4, 0.5) is 0 Å². The van der Waals surface area contributed by atoms with Gasteiger partial charge in [-0.1, -0.05) is 13.8 Å². The van der Waals surface area contributed by atoms with Crippen LogP contribution in [0.2, 0.25) is 0 Å². The Kier molecular flexibility index (Phi) is 6.49. The summed E-state index contributed by atoms with van der Waals surface area (Å²) < 4.78 is 7.37. The van der Waals surface area contributed by atoms with Crippen molar-refractivity contribution in [1.29, 1.82) is 0 Å². The molecule has 0 aliphatic heterocycles. The second-order valence-electron chi connectivity index (χ2n) is 6.80. The lowest BCUT2D eigenvalue weighted by Crippen LogP contribution is -2.45. The zero-order chi connectivity index (χ0) is 20.1. The highest BCUT2D eigenvalue weighted by atomic mass is 16.5. The van der Waals surface area contributed by atoms with Crippen molar-refractivity contribution >= 4 is 11.9 Å². The average molecular weight is 375 g/mol. The van der Waals surface area contributed by atoms with Crippen molar-refractivity contribution in [2.75, 3.05) is 7.11 Å².